The van der Waals surface area contributed by atoms with Gasteiger partial charge in [0.05, 0.1) is 0 Å². The third-order valence-corrected chi connectivity index (χ3v) is 2.98. The zero-order valence-electron chi connectivity index (χ0n) is 12.1. The summed E-state index contributed by atoms with van der Waals surface area (Å²) in [4.78, 5) is 23.8. The van der Waals surface area contributed by atoms with Gasteiger partial charge in [-0.1, -0.05) is 29.8 Å². The normalized spacial score (nSPS) is 10.1. The van der Waals surface area contributed by atoms with E-state index in [1.807, 2.05) is 31.2 Å². The van der Waals surface area contributed by atoms with Crippen LogP contribution >= 0.6 is 0 Å². The maximum absolute atomic E-state index is 11.8. The van der Waals surface area contributed by atoms with E-state index in [1.54, 1.807) is 11.9 Å². The summed E-state index contributed by atoms with van der Waals surface area (Å²) in [6.45, 7) is 3.09. The fraction of sp³-hybridized carbons (Fsp3) is 0.467. The Morgan fingerprint density at radius 1 is 1.20 bits per heavy atom. The smallest absolute Gasteiger partial charge is 0.317 e. The molecule has 0 aliphatic carbocycles. The highest BCUT2D eigenvalue weighted by atomic mass is 16.4. The predicted molar refractivity (Wildman–Crippen MR) is 77.5 cm³/mol. The van der Waals surface area contributed by atoms with Gasteiger partial charge in [-0.3, -0.25) is 4.79 Å². The predicted octanol–water partition coefficient (Wildman–Crippen LogP) is 2.39. The Morgan fingerprint density at radius 2 is 1.85 bits per heavy atom. The van der Waals surface area contributed by atoms with E-state index in [2.05, 4.69) is 5.32 Å². The minimum atomic E-state index is -0.798. The zero-order valence-corrected chi connectivity index (χ0v) is 12.1. The summed E-state index contributed by atoms with van der Waals surface area (Å²) in [6.07, 6.45) is 1.41. The number of urea groups is 1. The molecule has 1 aromatic carbocycles. The van der Waals surface area contributed by atoms with E-state index in [1.165, 1.54) is 5.56 Å². The Bertz CT molecular complexity index is 443. The highest BCUT2D eigenvalue weighted by Crippen LogP contribution is 2.06. The van der Waals surface area contributed by atoms with Gasteiger partial charge in [0.2, 0.25) is 0 Å². The summed E-state index contributed by atoms with van der Waals surface area (Å²) < 4.78 is 0. The molecule has 1 aromatic rings. The summed E-state index contributed by atoms with van der Waals surface area (Å²) in [7, 11) is 1.74. The maximum Gasteiger partial charge on any atom is 0.317 e. The van der Waals surface area contributed by atoms with E-state index in [0.29, 0.717) is 25.9 Å². The lowest BCUT2D eigenvalue weighted by Gasteiger charge is -2.18. The SMILES string of the molecule is Cc1ccc(CN(C)C(=O)NCCCCC(=O)O)cc1. The second-order valence-corrected chi connectivity index (χ2v) is 4.92. The van der Waals surface area contributed by atoms with Crippen molar-refractivity contribution in [3.8, 4) is 0 Å². The minimum absolute atomic E-state index is 0.138. The average Bonchev–Trinajstić information content (AvgIpc) is 2.40. The van der Waals surface area contributed by atoms with Gasteiger partial charge in [-0.2, -0.15) is 0 Å². The van der Waals surface area contributed by atoms with Crippen molar-refractivity contribution in [1.29, 1.82) is 0 Å². The lowest BCUT2D eigenvalue weighted by atomic mass is 10.1. The Morgan fingerprint density at radius 3 is 2.45 bits per heavy atom. The van der Waals surface area contributed by atoms with Crippen molar-refractivity contribution < 1.29 is 14.7 Å². The number of hydrogen-bond acceptors (Lipinski definition) is 2. The number of aryl methyl sites for hydroxylation is 1. The van der Waals surface area contributed by atoms with Crippen molar-refractivity contribution in [2.75, 3.05) is 13.6 Å². The fourth-order valence-corrected chi connectivity index (χ4v) is 1.77. The number of carboxylic acid groups (broad SMARTS) is 1. The number of carbonyl (C=O) groups is 2. The third kappa shape index (κ3) is 6.22. The average molecular weight is 278 g/mol. The van der Waals surface area contributed by atoms with Crippen LogP contribution in [0.5, 0.6) is 0 Å². The molecule has 0 aliphatic heterocycles. The number of unbranched alkanes of at least 4 members (excludes halogenated alkanes) is 1. The van der Waals surface area contributed by atoms with Crippen LogP contribution in [0.3, 0.4) is 0 Å². The Hall–Kier alpha value is -2.04. The number of rotatable bonds is 7. The van der Waals surface area contributed by atoms with Crippen molar-refractivity contribution in [2.24, 2.45) is 0 Å². The first kappa shape index (κ1) is 16.0. The molecule has 0 spiro atoms. The molecule has 5 nitrogen and oxygen atoms in total. The molecular formula is C15H22N2O3. The van der Waals surface area contributed by atoms with Crippen molar-refractivity contribution in [3.63, 3.8) is 0 Å². The molecule has 0 fully saturated rings. The molecule has 0 heterocycles. The molecule has 0 unspecified atom stereocenters. The van der Waals surface area contributed by atoms with Crippen LogP contribution in [-0.2, 0) is 11.3 Å². The molecule has 5 heteroatoms. The van der Waals surface area contributed by atoms with Gasteiger partial charge in [0.1, 0.15) is 0 Å². The fourth-order valence-electron chi connectivity index (χ4n) is 1.77. The first-order chi connectivity index (χ1) is 9.49. The molecule has 2 amide bonds. The van der Waals surface area contributed by atoms with Gasteiger partial charge in [-0.25, -0.2) is 4.79 Å². The lowest BCUT2D eigenvalue weighted by molar-refractivity contribution is -0.137. The highest BCUT2D eigenvalue weighted by Gasteiger charge is 2.08. The van der Waals surface area contributed by atoms with Gasteiger partial charge < -0.3 is 15.3 Å². The number of nitrogens with one attached hydrogen (secondary N) is 1. The number of aliphatic carboxylic acids is 1. The number of amides is 2. The number of carbonyl (C=O) groups excluding carboxylic acids is 1. The van der Waals surface area contributed by atoms with Crippen molar-refractivity contribution in [2.45, 2.75) is 32.7 Å². The van der Waals surface area contributed by atoms with Crippen LogP contribution in [-0.4, -0.2) is 35.6 Å². The van der Waals surface area contributed by atoms with Crippen LogP contribution in [0.4, 0.5) is 4.79 Å². The lowest BCUT2D eigenvalue weighted by Crippen LogP contribution is -2.37. The Balaban J connectivity index is 2.25. The van der Waals surface area contributed by atoms with E-state index >= 15 is 0 Å². The van der Waals surface area contributed by atoms with Crippen LogP contribution < -0.4 is 5.32 Å². The molecule has 0 atom stereocenters. The number of nitrogens with zero attached hydrogens (tertiary/aromatic N) is 1. The summed E-state index contributed by atoms with van der Waals surface area (Å²) in [5.41, 5.74) is 2.28. The maximum atomic E-state index is 11.8. The van der Waals surface area contributed by atoms with Crippen LogP contribution in [0.25, 0.3) is 0 Å². The van der Waals surface area contributed by atoms with Gasteiger partial charge in [0.15, 0.2) is 0 Å². The van der Waals surface area contributed by atoms with E-state index < -0.39 is 5.97 Å². The molecule has 0 radical (unpaired) electrons. The van der Waals surface area contributed by atoms with E-state index in [-0.39, 0.29) is 12.5 Å². The van der Waals surface area contributed by atoms with Gasteiger partial charge in [-0.15, -0.1) is 0 Å². The molecule has 1 rings (SSSR count). The van der Waals surface area contributed by atoms with E-state index in [0.717, 1.165) is 5.56 Å². The van der Waals surface area contributed by atoms with Gasteiger partial charge in [0.25, 0.3) is 0 Å². The monoisotopic (exact) mass is 278 g/mol. The number of benzene rings is 1. The minimum Gasteiger partial charge on any atom is -0.481 e. The van der Waals surface area contributed by atoms with Crippen LogP contribution in [0.1, 0.15) is 30.4 Å². The summed E-state index contributed by atoms with van der Waals surface area (Å²) >= 11 is 0. The van der Waals surface area contributed by atoms with Crippen LogP contribution in [0.15, 0.2) is 24.3 Å². The summed E-state index contributed by atoms with van der Waals surface area (Å²) in [5.74, 6) is -0.798. The Labute approximate surface area is 119 Å². The van der Waals surface area contributed by atoms with E-state index in [4.69, 9.17) is 5.11 Å². The van der Waals surface area contributed by atoms with Crippen LogP contribution in [0, 0.1) is 6.92 Å². The molecule has 0 saturated heterocycles. The number of carboxylic acids is 1. The molecular weight excluding hydrogens is 256 g/mol. The molecule has 0 aliphatic rings. The molecule has 2 N–H and O–H groups in total. The molecule has 110 valence electrons. The zero-order chi connectivity index (χ0) is 15.0. The highest BCUT2D eigenvalue weighted by molar-refractivity contribution is 5.73. The van der Waals surface area contributed by atoms with Gasteiger partial charge in [0, 0.05) is 26.6 Å². The topological polar surface area (TPSA) is 69.6 Å². The second-order valence-electron chi connectivity index (χ2n) is 4.92. The van der Waals surface area contributed by atoms with Crippen molar-refractivity contribution in [1.82, 2.24) is 10.2 Å². The molecule has 0 aromatic heterocycles. The van der Waals surface area contributed by atoms with Crippen LogP contribution in [0.2, 0.25) is 0 Å². The van der Waals surface area contributed by atoms with Crippen molar-refractivity contribution in [3.05, 3.63) is 35.4 Å². The van der Waals surface area contributed by atoms with Gasteiger partial charge in [-0.05, 0) is 25.3 Å². The first-order valence-corrected chi connectivity index (χ1v) is 6.75. The summed E-state index contributed by atoms with van der Waals surface area (Å²) in [5, 5.41) is 11.3. The Kier molecular flexibility index (Phi) is 6.56. The molecule has 0 bridgehead atoms. The van der Waals surface area contributed by atoms with Crippen molar-refractivity contribution >= 4 is 12.0 Å². The second kappa shape index (κ2) is 8.19. The van der Waals surface area contributed by atoms with Gasteiger partial charge >= 0.3 is 12.0 Å². The first-order valence-electron chi connectivity index (χ1n) is 6.75. The third-order valence-electron chi connectivity index (χ3n) is 2.98. The number of hydrogen-bond donors (Lipinski definition) is 2. The quantitative estimate of drug-likeness (QED) is 0.752. The molecule has 0 saturated carbocycles. The van der Waals surface area contributed by atoms with E-state index in [9.17, 15) is 9.59 Å². The largest absolute Gasteiger partial charge is 0.481 e. The summed E-state index contributed by atoms with van der Waals surface area (Å²) in [6, 6.07) is 7.92. The molecule has 20 heavy (non-hydrogen) atoms. The standard InChI is InChI=1S/C15H22N2O3/c1-12-6-8-13(9-7-12)11-17(2)15(20)16-10-4-3-5-14(18)19/h6-9H,3-5,10-11H2,1-2H3,(H,16,20)(H,18,19).